The zero-order valence-electron chi connectivity index (χ0n) is 13.8. The molecule has 136 valence electrons. The van der Waals surface area contributed by atoms with Crippen LogP contribution in [0.15, 0.2) is 30.3 Å². The van der Waals surface area contributed by atoms with Gasteiger partial charge in [0, 0.05) is 36.8 Å². The van der Waals surface area contributed by atoms with E-state index in [-0.39, 0.29) is 11.7 Å². The quantitative estimate of drug-likeness (QED) is 0.866. The number of rotatable bonds is 5. The summed E-state index contributed by atoms with van der Waals surface area (Å²) in [5, 5.41) is 17.3. The van der Waals surface area contributed by atoms with Crippen molar-refractivity contribution in [2.24, 2.45) is 5.92 Å². The van der Waals surface area contributed by atoms with Crippen molar-refractivity contribution in [3.63, 3.8) is 0 Å². The fraction of sp³-hybridized carbons (Fsp3) is 0.471. The first-order valence-corrected chi connectivity index (χ1v) is 8.05. The molecule has 1 aliphatic rings. The van der Waals surface area contributed by atoms with Gasteiger partial charge in [-0.1, -0.05) is 18.2 Å². The summed E-state index contributed by atoms with van der Waals surface area (Å²) >= 11 is 0. The van der Waals surface area contributed by atoms with E-state index in [1.807, 2.05) is 17.9 Å². The molecule has 0 amide bonds. The van der Waals surface area contributed by atoms with Gasteiger partial charge in [0.1, 0.15) is 5.75 Å². The van der Waals surface area contributed by atoms with E-state index in [1.165, 1.54) is 12.1 Å². The number of benzene rings is 1. The van der Waals surface area contributed by atoms with Crippen LogP contribution in [0.3, 0.4) is 0 Å². The van der Waals surface area contributed by atoms with Crippen LogP contribution in [0.5, 0.6) is 5.75 Å². The van der Waals surface area contributed by atoms with Crippen LogP contribution in [0.1, 0.15) is 17.0 Å². The molecule has 1 aromatic heterocycles. The van der Waals surface area contributed by atoms with Crippen molar-refractivity contribution in [2.45, 2.75) is 32.4 Å². The lowest BCUT2D eigenvalue weighted by atomic mass is 10.0. The summed E-state index contributed by atoms with van der Waals surface area (Å²) in [7, 11) is 0. The molecular weight excluding hydrogens is 335 g/mol. The molecular formula is C17H20F3N3O2. The summed E-state index contributed by atoms with van der Waals surface area (Å²) in [6, 6.07) is 8.03. The van der Waals surface area contributed by atoms with E-state index in [0.29, 0.717) is 31.6 Å². The van der Waals surface area contributed by atoms with Gasteiger partial charge in [0.05, 0.1) is 11.8 Å². The van der Waals surface area contributed by atoms with Gasteiger partial charge >= 0.3 is 6.36 Å². The molecule has 2 N–H and O–H groups in total. The number of ether oxygens (including phenoxy) is 1. The smallest absolute Gasteiger partial charge is 0.405 e. The van der Waals surface area contributed by atoms with Crippen LogP contribution in [-0.4, -0.2) is 45.8 Å². The van der Waals surface area contributed by atoms with Gasteiger partial charge < -0.3 is 9.84 Å². The standard InChI is InChI=1S/C17H20F3N3O2/c1-11-6-14(22-21-11)7-13-9-23(10-15(13)24)8-12-4-2-3-5-16(12)25-17(18,19)20/h2-6,13,15,24H,7-10H2,1H3,(H,21,22). The van der Waals surface area contributed by atoms with E-state index in [9.17, 15) is 18.3 Å². The van der Waals surface area contributed by atoms with Gasteiger partial charge in [-0.25, -0.2) is 0 Å². The summed E-state index contributed by atoms with van der Waals surface area (Å²) in [6.45, 7) is 3.20. The third-order valence-electron chi connectivity index (χ3n) is 4.30. The van der Waals surface area contributed by atoms with Crippen molar-refractivity contribution in [1.82, 2.24) is 15.1 Å². The lowest BCUT2D eigenvalue weighted by Gasteiger charge is -2.18. The SMILES string of the molecule is Cc1cc(CC2CN(Cc3ccccc3OC(F)(F)F)CC2O)n[nH]1. The second-order valence-corrected chi connectivity index (χ2v) is 6.42. The number of nitrogens with zero attached hydrogens (tertiary/aromatic N) is 2. The van der Waals surface area contributed by atoms with E-state index >= 15 is 0 Å². The first-order chi connectivity index (χ1) is 11.8. The van der Waals surface area contributed by atoms with Crippen molar-refractivity contribution in [3.8, 4) is 5.75 Å². The van der Waals surface area contributed by atoms with Crippen LogP contribution < -0.4 is 4.74 Å². The molecule has 1 saturated heterocycles. The molecule has 0 radical (unpaired) electrons. The number of para-hydroxylation sites is 1. The zero-order valence-corrected chi connectivity index (χ0v) is 13.8. The summed E-state index contributed by atoms with van der Waals surface area (Å²) < 4.78 is 41.6. The Morgan fingerprint density at radius 3 is 2.76 bits per heavy atom. The number of aliphatic hydroxyl groups is 1. The molecule has 5 nitrogen and oxygen atoms in total. The molecule has 8 heteroatoms. The van der Waals surface area contributed by atoms with Crippen LogP contribution in [0.25, 0.3) is 0 Å². The number of aromatic nitrogens is 2. The molecule has 3 rings (SSSR count). The maximum Gasteiger partial charge on any atom is 0.573 e. The van der Waals surface area contributed by atoms with Crippen LogP contribution in [0, 0.1) is 12.8 Å². The number of β-amino-alcohol motifs (C(OH)–C–C–N with tert-alkyl or cyclic N) is 1. The minimum absolute atomic E-state index is 0.00148. The Morgan fingerprint density at radius 1 is 1.32 bits per heavy atom. The predicted molar refractivity (Wildman–Crippen MR) is 84.9 cm³/mol. The minimum atomic E-state index is -4.72. The van der Waals surface area contributed by atoms with E-state index in [1.54, 1.807) is 12.1 Å². The molecule has 1 fully saturated rings. The number of hydrogen-bond acceptors (Lipinski definition) is 4. The van der Waals surface area contributed by atoms with E-state index in [0.717, 1.165) is 11.4 Å². The topological polar surface area (TPSA) is 61.4 Å². The number of aromatic amines is 1. The Morgan fingerprint density at radius 2 is 2.08 bits per heavy atom. The Kier molecular flexibility index (Phi) is 5.01. The number of H-pyrrole nitrogens is 1. The predicted octanol–water partition coefficient (Wildman–Crippen LogP) is 2.65. The van der Waals surface area contributed by atoms with Crippen molar-refractivity contribution in [3.05, 3.63) is 47.3 Å². The van der Waals surface area contributed by atoms with Crippen LogP contribution in [0.4, 0.5) is 13.2 Å². The summed E-state index contributed by atoms with van der Waals surface area (Å²) in [6.07, 6.45) is -4.63. The molecule has 1 aromatic carbocycles. The highest BCUT2D eigenvalue weighted by atomic mass is 19.4. The van der Waals surface area contributed by atoms with Crippen LogP contribution in [-0.2, 0) is 13.0 Å². The number of alkyl halides is 3. The average molecular weight is 355 g/mol. The molecule has 25 heavy (non-hydrogen) atoms. The molecule has 2 unspecified atom stereocenters. The normalized spacial score (nSPS) is 21.6. The van der Waals surface area contributed by atoms with Gasteiger partial charge in [0.2, 0.25) is 0 Å². The largest absolute Gasteiger partial charge is 0.573 e. The third-order valence-corrected chi connectivity index (χ3v) is 4.30. The van der Waals surface area contributed by atoms with E-state index in [2.05, 4.69) is 14.9 Å². The zero-order chi connectivity index (χ0) is 18.0. The van der Waals surface area contributed by atoms with Crippen LogP contribution >= 0.6 is 0 Å². The number of aliphatic hydroxyl groups excluding tert-OH is 1. The fourth-order valence-corrected chi connectivity index (χ4v) is 3.22. The van der Waals surface area contributed by atoms with Crippen LogP contribution in [0.2, 0.25) is 0 Å². The highest BCUT2D eigenvalue weighted by Crippen LogP contribution is 2.29. The highest BCUT2D eigenvalue weighted by molar-refractivity contribution is 5.33. The van der Waals surface area contributed by atoms with Crippen molar-refractivity contribution < 1.29 is 23.0 Å². The van der Waals surface area contributed by atoms with Gasteiger partial charge in [-0.05, 0) is 25.5 Å². The Bertz CT molecular complexity index is 717. The maximum atomic E-state index is 12.5. The number of nitrogens with one attached hydrogen (secondary N) is 1. The Balaban J connectivity index is 1.64. The lowest BCUT2D eigenvalue weighted by Crippen LogP contribution is -2.23. The monoisotopic (exact) mass is 355 g/mol. The van der Waals surface area contributed by atoms with E-state index < -0.39 is 12.5 Å². The molecule has 1 aliphatic heterocycles. The molecule has 2 aromatic rings. The average Bonchev–Trinajstić information content (AvgIpc) is 3.06. The Hall–Kier alpha value is -2.06. The summed E-state index contributed by atoms with van der Waals surface area (Å²) in [4.78, 5) is 1.94. The summed E-state index contributed by atoms with van der Waals surface area (Å²) in [5.41, 5.74) is 2.28. The number of halogens is 3. The minimum Gasteiger partial charge on any atom is -0.405 e. The number of aryl methyl sites for hydroxylation is 1. The van der Waals surface area contributed by atoms with Gasteiger partial charge in [0.25, 0.3) is 0 Å². The van der Waals surface area contributed by atoms with Gasteiger partial charge in [-0.15, -0.1) is 13.2 Å². The van der Waals surface area contributed by atoms with Gasteiger partial charge in [-0.2, -0.15) is 5.10 Å². The summed E-state index contributed by atoms with van der Waals surface area (Å²) in [5.74, 6) is -0.200. The number of likely N-dealkylation sites (tertiary alicyclic amines) is 1. The second kappa shape index (κ2) is 7.05. The van der Waals surface area contributed by atoms with E-state index in [4.69, 9.17) is 0 Å². The van der Waals surface area contributed by atoms with Crippen molar-refractivity contribution in [1.29, 1.82) is 0 Å². The number of hydrogen-bond donors (Lipinski definition) is 2. The molecule has 0 aliphatic carbocycles. The molecule has 0 saturated carbocycles. The first kappa shape index (κ1) is 17.8. The molecule has 2 atom stereocenters. The van der Waals surface area contributed by atoms with Crippen molar-refractivity contribution >= 4 is 0 Å². The van der Waals surface area contributed by atoms with Gasteiger partial charge in [0.15, 0.2) is 0 Å². The maximum absolute atomic E-state index is 12.5. The third kappa shape index (κ3) is 4.73. The molecule has 2 heterocycles. The van der Waals surface area contributed by atoms with Crippen molar-refractivity contribution in [2.75, 3.05) is 13.1 Å². The van der Waals surface area contributed by atoms with Gasteiger partial charge in [-0.3, -0.25) is 10.00 Å². The first-order valence-electron chi connectivity index (χ1n) is 8.05. The highest BCUT2D eigenvalue weighted by Gasteiger charge is 2.34. The lowest BCUT2D eigenvalue weighted by molar-refractivity contribution is -0.275. The Labute approximate surface area is 143 Å². The molecule has 0 spiro atoms. The fourth-order valence-electron chi connectivity index (χ4n) is 3.22. The molecule has 0 bridgehead atoms. The second-order valence-electron chi connectivity index (χ2n) is 6.42.